The molecule has 4 nitrogen and oxygen atoms in total. The molecule has 1 N–H and O–H groups in total. The molecule has 0 radical (unpaired) electrons. The summed E-state index contributed by atoms with van der Waals surface area (Å²) in [4.78, 5) is 0.323. The predicted octanol–water partition coefficient (Wildman–Crippen LogP) is 2.89. The standard InChI is InChI=1S/C13H18Br2N2O2S/c1-3-17(10-4-5-16-8-10)20(18,19)13-7-11(14)9(2)6-12(13)15/h6-7,10,16H,3-5,8H2,1-2H3. The molecule has 2 rings (SSSR count). The number of rotatable bonds is 4. The van der Waals surface area contributed by atoms with Crippen molar-refractivity contribution < 1.29 is 8.42 Å². The average Bonchev–Trinajstić information content (AvgIpc) is 2.87. The minimum absolute atomic E-state index is 0.0389. The molecular weight excluding hydrogens is 408 g/mol. The van der Waals surface area contributed by atoms with Gasteiger partial charge in [-0.3, -0.25) is 0 Å². The summed E-state index contributed by atoms with van der Waals surface area (Å²) >= 11 is 6.79. The topological polar surface area (TPSA) is 49.4 Å². The molecule has 0 saturated carbocycles. The summed E-state index contributed by atoms with van der Waals surface area (Å²) in [6.45, 7) is 5.89. The molecule has 1 saturated heterocycles. The third kappa shape index (κ3) is 3.11. The number of benzene rings is 1. The number of nitrogens with one attached hydrogen (secondary N) is 1. The van der Waals surface area contributed by atoms with E-state index in [0.29, 0.717) is 15.9 Å². The number of hydrogen-bond acceptors (Lipinski definition) is 3. The molecule has 1 aromatic carbocycles. The second kappa shape index (κ2) is 6.44. The van der Waals surface area contributed by atoms with E-state index < -0.39 is 10.0 Å². The van der Waals surface area contributed by atoms with Crippen LogP contribution >= 0.6 is 31.9 Å². The molecule has 1 unspecified atom stereocenters. The second-order valence-electron chi connectivity index (χ2n) is 4.89. The molecule has 1 fully saturated rings. The second-order valence-corrected chi connectivity index (χ2v) is 8.45. The van der Waals surface area contributed by atoms with Gasteiger partial charge >= 0.3 is 0 Å². The van der Waals surface area contributed by atoms with Gasteiger partial charge in [0.2, 0.25) is 10.0 Å². The van der Waals surface area contributed by atoms with Crippen LogP contribution in [0.25, 0.3) is 0 Å². The first kappa shape index (κ1) is 16.4. The van der Waals surface area contributed by atoms with Gasteiger partial charge in [-0.25, -0.2) is 8.42 Å². The largest absolute Gasteiger partial charge is 0.315 e. The van der Waals surface area contributed by atoms with E-state index in [4.69, 9.17) is 0 Å². The van der Waals surface area contributed by atoms with E-state index in [1.807, 2.05) is 19.9 Å². The van der Waals surface area contributed by atoms with E-state index in [0.717, 1.165) is 29.5 Å². The van der Waals surface area contributed by atoms with Crippen LogP contribution in [-0.4, -0.2) is 38.4 Å². The Labute approximate surface area is 137 Å². The maximum absolute atomic E-state index is 12.9. The van der Waals surface area contributed by atoms with Gasteiger partial charge in [0.15, 0.2) is 0 Å². The quantitative estimate of drug-likeness (QED) is 0.806. The fourth-order valence-electron chi connectivity index (χ4n) is 2.46. The van der Waals surface area contributed by atoms with Gasteiger partial charge in [-0.05, 0) is 53.5 Å². The number of aryl methyl sites for hydroxylation is 1. The lowest BCUT2D eigenvalue weighted by Crippen LogP contribution is -2.41. The number of sulfonamides is 1. The van der Waals surface area contributed by atoms with Crippen molar-refractivity contribution in [2.75, 3.05) is 19.6 Å². The summed E-state index contributed by atoms with van der Waals surface area (Å²) in [6, 6.07) is 3.55. The zero-order chi connectivity index (χ0) is 14.9. The molecule has 0 spiro atoms. The molecule has 1 heterocycles. The van der Waals surface area contributed by atoms with Crippen LogP contribution in [0, 0.1) is 6.92 Å². The van der Waals surface area contributed by atoms with Crippen LogP contribution in [0.1, 0.15) is 18.9 Å². The summed E-state index contributed by atoms with van der Waals surface area (Å²) < 4.78 is 28.8. The van der Waals surface area contributed by atoms with Gasteiger partial charge in [0.05, 0.1) is 4.90 Å². The molecular formula is C13H18Br2N2O2S. The molecule has 1 atom stereocenters. The van der Waals surface area contributed by atoms with Crippen LogP contribution in [0.3, 0.4) is 0 Å². The Morgan fingerprint density at radius 1 is 1.35 bits per heavy atom. The summed E-state index contributed by atoms with van der Waals surface area (Å²) in [6.07, 6.45) is 0.859. The summed E-state index contributed by atoms with van der Waals surface area (Å²) in [5.41, 5.74) is 1.00. The highest BCUT2D eigenvalue weighted by Crippen LogP contribution is 2.32. The average molecular weight is 426 g/mol. The molecule has 0 aromatic heterocycles. The molecule has 7 heteroatoms. The van der Waals surface area contributed by atoms with Gasteiger partial charge in [0, 0.05) is 28.1 Å². The Kier molecular flexibility index (Phi) is 5.29. The molecule has 0 amide bonds. The van der Waals surface area contributed by atoms with E-state index in [9.17, 15) is 8.42 Å². The molecule has 0 aliphatic carbocycles. The van der Waals surface area contributed by atoms with Crippen molar-refractivity contribution >= 4 is 41.9 Å². The van der Waals surface area contributed by atoms with Crippen LogP contribution in [0.15, 0.2) is 26.0 Å². The summed E-state index contributed by atoms with van der Waals surface area (Å²) in [5.74, 6) is 0. The first-order valence-corrected chi connectivity index (χ1v) is 9.58. The lowest BCUT2D eigenvalue weighted by atomic mass is 10.2. The van der Waals surface area contributed by atoms with Crippen LogP contribution < -0.4 is 5.32 Å². The van der Waals surface area contributed by atoms with Gasteiger partial charge in [0.1, 0.15) is 0 Å². The highest BCUT2D eigenvalue weighted by molar-refractivity contribution is 9.11. The van der Waals surface area contributed by atoms with Crippen molar-refractivity contribution in [1.82, 2.24) is 9.62 Å². The third-order valence-electron chi connectivity index (χ3n) is 3.55. The van der Waals surface area contributed by atoms with E-state index in [1.165, 1.54) is 0 Å². The molecule has 0 bridgehead atoms. The molecule has 1 aromatic rings. The number of nitrogens with zero attached hydrogens (tertiary/aromatic N) is 1. The minimum atomic E-state index is -3.49. The first-order chi connectivity index (χ1) is 9.37. The molecule has 1 aliphatic heterocycles. The summed E-state index contributed by atoms with van der Waals surface area (Å²) in [5, 5.41) is 3.22. The van der Waals surface area contributed by atoms with Gasteiger partial charge < -0.3 is 5.32 Å². The van der Waals surface area contributed by atoms with Gasteiger partial charge in [0.25, 0.3) is 0 Å². The normalized spacial score (nSPS) is 19.8. The van der Waals surface area contributed by atoms with Gasteiger partial charge in [-0.2, -0.15) is 4.31 Å². The smallest absolute Gasteiger partial charge is 0.244 e. The minimum Gasteiger partial charge on any atom is -0.315 e. The Bertz CT molecular complexity index is 599. The Morgan fingerprint density at radius 2 is 2.05 bits per heavy atom. The number of halogens is 2. The Morgan fingerprint density at radius 3 is 2.60 bits per heavy atom. The van der Waals surface area contributed by atoms with Gasteiger partial charge in [-0.1, -0.05) is 22.9 Å². The van der Waals surface area contributed by atoms with Crippen molar-refractivity contribution in [2.24, 2.45) is 0 Å². The van der Waals surface area contributed by atoms with E-state index in [2.05, 4.69) is 37.2 Å². The highest BCUT2D eigenvalue weighted by atomic mass is 79.9. The third-order valence-corrected chi connectivity index (χ3v) is 7.39. The zero-order valence-corrected chi connectivity index (χ0v) is 15.5. The van der Waals surface area contributed by atoms with Crippen LogP contribution in [0.2, 0.25) is 0 Å². The molecule has 1 aliphatic rings. The van der Waals surface area contributed by atoms with Crippen molar-refractivity contribution in [3.05, 3.63) is 26.6 Å². The Hall–Kier alpha value is 0.0500. The number of hydrogen-bond donors (Lipinski definition) is 1. The predicted molar refractivity (Wildman–Crippen MR) is 87.4 cm³/mol. The van der Waals surface area contributed by atoms with E-state index in [-0.39, 0.29) is 6.04 Å². The fourth-order valence-corrected chi connectivity index (χ4v) is 5.77. The van der Waals surface area contributed by atoms with Crippen LogP contribution in [-0.2, 0) is 10.0 Å². The SMILES string of the molecule is CCN(C1CCNC1)S(=O)(=O)c1cc(Br)c(C)cc1Br. The lowest BCUT2D eigenvalue weighted by Gasteiger charge is -2.27. The maximum atomic E-state index is 12.9. The molecule has 20 heavy (non-hydrogen) atoms. The monoisotopic (exact) mass is 424 g/mol. The Balaban J connectivity index is 2.45. The first-order valence-electron chi connectivity index (χ1n) is 6.56. The van der Waals surface area contributed by atoms with Crippen molar-refractivity contribution in [3.63, 3.8) is 0 Å². The lowest BCUT2D eigenvalue weighted by molar-refractivity contribution is 0.348. The summed E-state index contributed by atoms with van der Waals surface area (Å²) in [7, 11) is -3.49. The number of likely N-dealkylation sites (N-methyl/N-ethyl adjacent to an activating group) is 1. The van der Waals surface area contributed by atoms with Crippen LogP contribution in [0.4, 0.5) is 0 Å². The highest BCUT2D eigenvalue weighted by Gasteiger charge is 2.33. The molecule has 112 valence electrons. The van der Waals surface area contributed by atoms with Crippen molar-refractivity contribution in [2.45, 2.75) is 31.2 Å². The van der Waals surface area contributed by atoms with Crippen molar-refractivity contribution in [3.8, 4) is 0 Å². The zero-order valence-electron chi connectivity index (χ0n) is 11.5. The van der Waals surface area contributed by atoms with Crippen LogP contribution in [0.5, 0.6) is 0 Å². The van der Waals surface area contributed by atoms with E-state index >= 15 is 0 Å². The fraction of sp³-hybridized carbons (Fsp3) is 0.538. The van der Waals surface area contributed by atoms with Crippen molar-refractivity contribution in [1.29, 1.82) is 0 Å². The van der Waals surface area contributed by atoms with E-state index in [1.54, 1.807) is 10.4 Å². The van der Waals surface area contributed by atoms with Gasteiger partial charge in [-0.15, -0.1) is 0 Å². The maximum Gasteiger partial charge on any atom is 0.244 e.